The van der Waals surface area contributed by atoms with Gasteiger partial charge in [-0.1, -0.05) is 19.1 Å². The van der Waals surface area contributed by atoms with E-state index in [0.29, 0.717) is 11.8 Å². The van der Waals surface area contributed by atoms with Gasteiger partial charge in [0, 0.05) is 50.5 Å². The summed E-state index contributed by atoms with van der Waals surface area (Å²) in [6, 6.07) is 0. The maximum atomic E-state index is 12.6. The van der Waals surface area contributed by atoms with E-state index >= 15 is 0 Å². The molecule has 1 amide bonds. The molecule has 118 valence electrons. The van der Waals surface area contributed by atoms with E-state index < -0.39 is 0 Å². The predicted octanol–water partition coefficient (Wildman–Crippen LogP) is 1.77. The number of hydrogen-bond donors (Lipinski definition) is 0. The lowest BCUT2D eigenvalue weighted by molar-refractivity contribution is -0.134. The van der Waals surface area contributed by atoms with Gasteiger partial charge in [-0.2, -0.15) is 0 Å². The number of nitrogens with zero attached hydrogens (tertiary/aromatic N) is 2. The fourth-order valence-corrected chi connectivity index (χ4v) is 4.44. The van der Waals surface area contributed by atoms with Crippen LogP contribution in [0, 0.1) is 17.3 Å². The first-order valence-electron chi connectivity index (χ1n) is 8.33. The zero-order valence-electron chi connectivity index (χ0n) is 13.4. The molecule has 3 rings (SSSR count). The Labute approximate surface area is 128 Å². The van der Waals surface area contributed by atoms with Crippen molar-refractivity contribution < 1.29 is 9.53 Å². The highest BCUT2D eigenvalue weighted by molar-refractivity contribution is 5.80. The number of likely N-dealkylation sites (tertiary alicyclic amines) is 2. The first kappa shape index (κ1) is 15.0. The molecule has 0 aromatic heterocycles. The molecule has 2 aliphatic heterocycles. The van der Waals surface area contributed by atoms with Crippen LogP contribution in [0.25, 0.3) is 0 Å². The van der Waals surface area contributed by atoms with E-state index in [9.17, 15) is 4.79 Å². The highest BCUT2D eigenvalue weighted by Crippen LogP contribution is 2.44. The third-order valence-corrected chi connectivity index (χ3v) is 5.75. The largest absolute Gasteiger partial charge is 0.384 e. The van der Waals surface area contributed by atoms with Crippen molar-refractivity contribution in [2.75, 3.05) is 46.4 Å². The molecule has 3 aliphatic rings. The molecule has 1 aliphatic carbocycles. The molecule has 0 aromatic rings. The molecule has 0 N–H and O–H groups in total. The summed E-state index contributed by atoms with van der Waals surface area (Å²) < 4.78 is 5.46. The van der Waals surface area contributed by atoms with Crippen molar-refractivity contribution in [3.8, 4) is 0 Å². The quantitative estimate of drug-likeness (QED) is 0.740. The van der Waals surface area contributed by atoms with Crippen molar-refractivity contribution in [1.82, 2.24) is 9.80 Å². The number of carbonyl (C=O) groups is 1. The Bertz CT molecular complexity index is 415. The van der Waals surface area contributed by atoms with Crippen LogP contribution in [-0.4, -0.2) is 62.1 Å². The van der Waals surface area contributed by atoms with Crippen LogP contribution in [0.1, 0.15) is 26.2 Å². The van der Waals surface area contributed by atoms with Crippen LogP contribution in [0.3, 0.4) is 0 Å². The second-order valence-electron chi connectivity index (χ2n) is 6.99. The molecule has 1 spiro atoms. The number of ether oxygens (including phenoxy) is 1. The Kier molecular flexibility index (Phi) is 4.36. The monoisotopic (exact) mass is 292 g/mol. The molecule has 0 saturated carbocycles. The fourth-order valence-electron chi connectivity index (χ4n) is 4.44. The standard InChI is InChI=1S/C17H28N2O2/c1-3-18-10-15(11-21-2)17(12-18)8-9-19(13-17)16(20)14-6-4-5-7-14/h4-5,14-15H,3,6-13H2,1-2H3/t15-,17+/m0/s1. The number of amides is 1. The third kappa shape index (κ3) is 2.76. The zero-order chi connectivity index (χ0) is 14.9. The van der Waals surface area contributed by atoms with E-state index in [1.54, 1.807) is 7.11 Å². The summed E-state index contributed by atoms with van der Waals surface area (Å²) in [6.45, 7) is 8.28. The van der Waals surface area contributed by atoms with Gasteiger partial charge in [0.05, 0.1) is 6.61 Å². The maximum Gasteiger partial charge on any atom is 0.226 e. The first-order chi connectivity index (χ1) is 10.2. The van der Waals surface area contributed by atoms with Crippen LogP contribution in [0.2, 0.25) is 0 Å². The SMILES string of the molecule is CCN1C[C@@H](COC)[C@]2(CCN(C(=O)C3CC=CC3)C2)C1. The van der Waals surface area contributed by atoms with Gasteiger partial charge in [0.1, 0.15) is 0 Å². The molecule has 2 fully saturated rings. The van der Waals surface area contributed by atoms with E-state index in [0.717, 1.165) is 58.6 Å². The summed E-state index contributed by atoms with van der Waals surface area (Å²) in [5, 5.41) is 0. The average molecular weight is 292 g/mol. The molecule has 0 bridgehead atoms. The van der Waals surface area contributed by atoms with Gasteiger partial charge in [-0.05, 0) is 25.8 Å². The zero-order valence-corrected chi connectivity index (χ0v) is 13.4. The molecule has 0 unspecified atom stereocenters. The number of hydrogen-bond acceptors (Lipinski definition) is 3. The second-order valence-corrected chi connectivity index (χ2v) is 6.99. The van der Waals surface area contributed by atoms with Gasteiger partial charge in [-0.15, -0.1) is 0 Å². The summed E-state index contributed by atoms with van der Waals surface area (Å²) in [7, 11) is 1.80. The lowest BCUT2D eigenvalue weighted by Gasteiger charge is -2.30. The average Bonchev–Trinajstić information content (AvgIpc) is 3.21. The molecular weight excluding hydrogens is 264 g/mol. The first-order valence-corrected chi connectivity index (χ1v) is 8.33. The minimum atomic E-state index is 0.213. The normalized spacial score (nSPS) is 33.6. The molecule has 2 saturated heterocycles. The van der Waals surface area contributed by atoms with Gasteiger partial charge >= 0.3 is 0 Å². The van der Waals surface area contributed by atoms with Gasteiger partial charge in [0.15, 0.2) is 0 Å². The summed E-state index contributed by atoms with van der Waals surface area (Å²) in [4.78, 5) is 17.3. The van der Waals surface area contributed by atoms with Crippen molar-refractivity contribution in [2.45, 2.75) is 26.2 Å². The van der Waals surface area contributed by atoms with Gasteiger partial charge < -0.3 is 14.5 Å². The van der Waals surface area contributed by atoms with Crippen molar-refractivity contribution in [2.24, 2.45) is 17.3 Å². The van der Waals surface area contributed by atoms with Crippen molar-refractivity contribution >= 4 is 5.91 Å². The smallest absolute Gasteiger partial charge is 0.226 e. The fraction of sp³-hybridized carbons (Fsp3) is 0.824. The van der Waals surface area contributed by atoms with Crippen LogP contribution >= 0.6 is 0 Å². The van der Waals surface area contributed by atoms with Gasteiger partial charge in [-0.25, -0.2) is 0 Å². The van der Waals surface area contributed by atoms with Crippen LogP contribution in [0.4, 0.5) is 0 Å². The molecule has 21 heavy (non-hydrogen) atoms. The summed E-state index contributed by atoms with van der Waals surface area (Å²) >= 11 is 0. The van der Waals surface area contributed by atoms with Crippen molar-refractivity contribution in [1.29, 1.82) is 0 Å². The molecular formula is C17H28N2O2. The van der Waals surface area contributed by atoms with Crippen LogP contribution in [0.5, 0.6) is 0 Å². The lowest BCUT2D eigenvalue weighted by atomic mass is 9.77. The summed E-state index contributed by atoms with van der Waals surface area (Å²) in [5.41, 5.74) is 0.272. The molecule has 2 atom stereocenters. The third-order valence-electron chi connectivity index (χ3n) is 5.75. The van der Waals surface area contributed by atoms with Crippen LogP contribution in [-0.2, 0) is 9.53 Å². The number of rotatable bonds is 4. The number of carbonyl (C=O) groups excluding carboxylic acids is 1. The molecule has 4 nitrogen and oxygen atoms in total. The number of allylic oxidation sites excluding steroid dienone is 2. The highest BCUT2D eigenvalue weighted by Gasteiger charge is 2.51. The Morgan fingerprint density at radius 2 is 2.10 bits per heavy atom. The molecule has 4 heteroatoms. The molecule has 0 aromatic carbocycles. The Morgan fingerprint density at radius 1 is 1.33 bits per heavy atom. The van der Waals surface area contributed by atoms with E-state index in [1.807, 2.05) is 0 Å². The van der Waals surface area contributed by atoms with Crippen molar-refractivity contribution in [3.05, 3.63) is 12.2 Å². The van der Waals surface area contributed by atoms with Crippen molar-refractivity contribution in [3.63, 3.8) is 0 Å². The maximum absolute atomic E-state index is 12.6. The summed E-state index contributed by atoms with van der Waals surface area (Å²) in [5.74, 6) is 1.16. The Hall–Kier alpha value is -0.870. The van der Waals surface area contributed by atoms with Crippen LogP contribution < -0.4 is 0 Å². The second kappa shape index (κ2) is 6.09. The lowest BCUT2D eigenvalue weighted by Crippen LogP contribution is -2.39. The number of methoxy groups -OCH3 is 1. The van der Waals surface area contributed by atoms with Gasteiger partial charge in [-0.3, -0.25) is 4.79 Å². The molecule has 2 heterocycles. The summed E-state index contributed by atoms with van der Waals surface area (Å²) in [6.07, 6.45) is 7.31. The van der Waals surface area contributed by atoms with E-state index in [1.165, 1.54) is 0 Å². The molecule has 0 radical (unpaired) electrons. The van der Waals surface area contributed by atoms with Crippen LogP contribution in [0.15, 0.2) is 12.2 Å². The van der Waals surface area contributed by atoms with E-state index in [-0.39, 0.29) is 11.3 Å². The predicted molar refractivity (Wildman–Crippen MR) is 83.0 cm³/mol. The van der Waals surface area contributed by atoms with Gasteiger partial charge in [0.25, 0.3) is 0 Å². The Morgan fingerprint density at radius 3 is 2.76 bits per heavy atom. The Balaban J connectivity index is 1.67. The van der Waals surface area contributed by atoms with E-state index in [2.05, 4.69) is 28.9 Å². The highest BCUT2D eigenvalue weighted by atomic mass is 16.5. The topological polar surface area (TPSA) is 32.8 Å². The minimum Gasteiger partial charge on any atom is -0.384 e. The van der Waals surface area contributed by atoms with Gasteiger partial charge in [0.2, 0.25) is 5.91 Å². The minimum absolute atomic E-state index is 0.213. The van der Waals surface area contributed by atoms with E-state index in [4.69, 9.17) is 4.74 Å².